The Balaban J connectivity index is 0. The number of aryl methyl sites for hydroxylation is 1. The van der Waals surface area contributed by atoms with Crippen molar-refractivity contribution in [2.45, 2.75) is 20.8 Å². The molecule has 0 N–H and O–H groups in total. The fraction of sp³-hybridized carbons (Fsp3) is 0.150. The van der Waals surface area contributed by atoms with Crippen LogP contribution in [0.15, 0.2) is 57.6 Å². The van der Waals surface area contributed by atoms with Gasteiger partial charge in [-0.2, -0.15) is 0 Å². The van der Waals surface area contributed by atoms with Crippen molar-refractivity contribution < 1.29 is 44.6 Å². The van der Waals surface area contributed by atoms with E-state index in [4.69, 9.17) is 32.0 Å². The molecule has 0 spiro atoms. The standard InChI is InChI=1S/C10H9ClN2O.C9H5ClN2O2.CH4.B.Na.H/c1-2-7-3-4-9(14-7)8-5-6-12-10(11)13-8;10-9-11-4-3-7(12-9)8-2-1-6(5-13)14-8;;;;/h3-6H,2H2,1H3;1-5H;1H4;;;/q;;;;+1;-1. The molecule has 4 heterocycles. The van der Waals surface area contributed by atoms with E-state index in [1.54, 1.807) is 30.5 Å². The first-order valence-electron chi connectivity index (χ1n) is 8.20. The molecule has 7 nitrogen and oxygen atoms in total. The number of carbonyl (C=O) groups is 1. The summed E-state index contributed by atoms with van der Waals surface area (Å²) in [6, 6.07) is 10.5. The fourth-order valence-electron chi connectivity index (χ4n) is 2.20. The van der Waals surface area contributed by atoms with Gasteiger partial charge in [0.05, 0.1) is 0 Å². The van der Waals surface area contributed by atoms with Crippen molar-refractivity contribution >= 4 is 37.9 Å². The zero-order chi connectivity index (χ0) is 19.9. The maximum atomic E-state index is 10.4. The number of aromatic nitrogens is 4. The molecule has 11 heteroatoms. The SMILES string of the molecule is C.CCc1ccc(-c2ccnc(Cl)n2)o1.O=Cc1ccc(-c2ccnc(Cl)n2)o1.[B].[H-].[Na+]. The average molecular weight is 468 g/mol. The van der Waals surface area contributed by atoms with Crippen LogP contribution in [0.5, 0.6) is 0 Å². The normalized spacial score (nSPS) is 9.26. The summed E-state index contributed by atoms with van der Waals surface area (Å²) in [6.07, 6.45) is 4.64. The molecule has 0 saturated heterocycles. The molecule has 4 aromatic rings. The van der Waals surface area contributed by atoms with Crippen molar-refractivity contribution in [3.05, 3.63) is 70.9 Å². The molecular formula is C20H19BCl2N4NaO3. The molecule has 155 valence electrons. The number of hydrogen-bond acceptors (Lipinski definition) is 7. The van der Waals surface area contributed by atoms with Crippen molar-refractivity contribution in [1.82, 2.24) is 19.9 Å². The smallest absolute Gasteiger partial charge is 1.00 e. The second-order valence-corrected chi connectivity index (χ2v) is 6.04. The van der Waals surface area contributed by atoms with Gasteiger partial charge in [-0.15, -0.1) is 0 Å². The molecule has 4 rings (SSSR count). The Bertz CT molecular complexity index is 1100. The molecule has 0 amide bonds. The molecular weight excluding hydrogens is 449 g/mol. The minimum absolute atomic E-state index is 0. The third-order valence-electron chi connectivity index (χ3n) is 3.51. The summed E-state index contributed by atoms with van der Waals surface area (Å²) in [7, 11) is 0. The second kappa shape index (κ2) is 14.2. The van der Waals surface area contributed by atoms with Gasteiger partial charge in [0.1, 0.15) is 17.1 Å². The minimum atomic E-state index is 0. The minimum Gasteiger partial charge on any atom is -1.00 e. The van der Waals surface area contributed by atoms with Gasteiger partial charge < -0.3 is 10.3 Å². The molecule has 0 unspecified atom stereocenters. The topological polar surface area (TPSA) is 94.9 Å². The van der Waals surface area contributed by atoms with E-state index in [1.807, 2.05) is 19.1 Å². The predicted octanol–water partition coefficient (Wildman–Crippen LogP) is 2.53. The van der Waals surface area contributed by atoms with Crippen molar-refractivity contribution in [3.8, 4) is 22.9 Å². The maximum Gasteiger partial charge on any atom is 1.00 e. The fourth-order valence-corrected chi connectivity index (χ4v) is 2.50. The van der Waals surface area contributed by atoms with Crippen LogP contribution >= 0.6 is 23.2 Å². The first kappa shape index (κ1) is 29.0. The molecule has 0 aliphatic heterocycles. The number of furan rings is 2. The molecule has 3 radical (unpaired) electrons. The van der Waals surface area contributed by atoms with Crippen LogP contribution in [0.2, 0.25) is 10.6 Å². The Morgan fingerprint density at radius 3 is 1.84 bits per heavy atom. The summed E-state index contributed by atoms with van der Waals surface area (Å²) in [4.78, 5) is 25.9. The van der Waals surface area contributed by atoms with Crippen LogP contribution in [-0.2, 0) is 6.42 Å². The number of aldehydes is 1. The molecule has 31 heavy (non-hydrogen) atoms. The maximum absolute atomic E-state index is 10.4. The molecule has 0 aromatic carbocycles. The summed E-state index contributed by atoms with van der Waals surface area (Å²) in [5.74, 6) is 2.42. The summed E-state index contributed by atoms with van der Waals surface area (Å²) in [5, 5.41) is 0.378. The summed E-state index contributed by atoms with van der Waals surface area (Å²) >= 11 is 11.3. The van der Waals surface area contributed by atoms with Crippen LogP contribution in [0.1, 0.15) is 32.1 Å². The van der Waals surface area contributed by atoms with Gasteiger partial charge in [-0.25, -0.2) is 19.9 Å². The first-order chi connectivity index (χ1) is 13.6. The monoisotopic (exact) mass is 467 g/mol. The number of carbonyl (C=O) groups excluding carboxylic acids is 1. The number of rotatable bonds is 4. The zero-order valence-electron chi connectivity index (χ0n) is 17.3. The van der Waals surface area contributed by atoms with E-state index in [0.29, 0.717) is 23.4 Å². The van der Waals surface area contributed by atoms with Crippen LogP contribution in [-0.4, -0.2) is 34.6 Å². The largest absolute Gasteiger partial charge is 1.00 e. The van der Waals surface area contributed by atoms with Crippen molar-refractivity contribution in [2.75, 3.05) is 0 Å². The van der Waals surface area contributed by atoms with Gasteiger partial charge in [-0.3, -0.25) is 4.79 Å². The average Bonchev–Trinajstić information content (AvgIpc) is 3.38. The van der Waals surface area contributed by atoms with E-state index < -0.39 is 0 Å². The summed E-state index contributed by atoms with van der Waals surface area (Å²) < 4.78 is 10.7. The zero-order valence-corrected chi connectivity index (χ0v) is 19.8. The molecule has 0 saturated carbocycles. The van der Waals surface area contributed by atoms with Gasteiger partial charge in [0, 0.05) is 27.2 Å². The van der Waals surface area contributed by atoms with Crippen molar-refractivity contribution in [1.29, 1.82) is 0 Å². The van der Waals surface area contributed by atoms with Crippen LogP contribution in [0.25, 0.3) is 22.9 Å². The third kappa shape index (κ3) is 8.24. The molecule has 0 aliphatic carbocycles. The predicted molar refractivity (Wildman–Crippen MR) is 118 cm³/mol. The first-order valence-corrected chi connectivity index (χ1v) is 8.96. The van der Waals surface area contributed by atoms with Crippen LogP contribution in [0, 0.1) is 0 Å². The Morgan fingerprint density at radius 2 is 1.42 bits per heavy atom. The van der Waals surface area contributed by atoms with Gasteiger partial charge >= 0.3 is 29.6 Å². The van der Waals surface area contributed by atoms with Gasteiger partial charge in [0.25, 0.3) is 0 Å². The number of halogens is 2. The number of hydrogen-bond donors (Lipinski definition) is 0. The third-order valence-corrected chi connectivity index (χ3v) is 3.87. The molecule has 4 aromatic heterocycles. The Kier molecular flexibility index (Phi) is 13.3. The van der Waals surface area contributed by atoms with Crippen LogP contribution in [0.4, 0.5) is 0 Å². The molecule has 0 bridgehead atoms. The molecule has 0 atom stereocenters. The number of nitrogens with zero attached hydrogens (tertiary/aromatic N) is 4. The summed E-state index contributed by atoms with van der Waals surface area (Å²) in [6.45, 7) is 2.04. The second-order valence-electron chi connectivity index (χ2n) is 5.36. The van der Waals surface area contributed by atoms with E-state index in [1.165, 1.54) is 6.20 Å². The van der Waals surface area contributed by atoms with Gasteiger partial charge in [0.15, 0.2) is 23.6 Å². The van der Waals surface area contributed by atoms with Crippen LogP contribution in [0.3, 0.4) is 0 Å². The molecule has 0 aliphatic rings. The molecule has 0 fully saturated rings. The van der Waals surface area contributed by atoms with E-state index in [0.717, 1.165) is 17.9 Å². The van der Waals surface area contributed by atoms with Crippen molar-refractivity contribution in [3.63, 3.8) is 0 Å². The summed E-state index contributed by atoms with van der Waals surface area (Å²) in [5.41, 5.74) is 1.27. The van der Waals surface area contributed by atoms with Gasteiger partial charge in [-0.1, -0.05) is 14.4 Å². The Hall–Kier alpha value is -1.97. The van der Waals surface area contributed by atoms with Gasteiger partial charge in [-0.05, 0) is 59.6 Å². The van der Waals surface area contributed by atoms with E-state index in [2.05, 4.69) is 19.9 Å². The van der Waals surface area contributed by atoms with E-state index in [-0.39, 0.29) is 63.2 Å². The van der Waals surface area contributed by atoms with Crippen molar-refractivity contribution in [2.24, 2.45) is 0 Å². The van der Waals surface area contributed by atoms with Gasteiger partial charge in [0.2, 0.25) is 10.6 Å². The quantitative estimate of drug-likeness (QED) is 0.258. The van der Waals surface area contributed by atoms with E-state index >= 15 is 0 Å². The van der Waals surface area contributed by atoms with E-state index in [9.17, 15) is 4.79 Å². The Labute approximate surface area is 216 Å². The Morgan fingerprint density at radius 1 is 0.903 bits per heavy atom. The van der Waals surface area contributed by atoms with Crippen LogP contribution < -0.4 is 29.6 Å².